The molecule has 2 rings (SSSR count). The van der Waals surface area contributed by atoms with Crippen LogP contribution < -0.4 is 10.2 Å². The molecular weight excluding hydrogens is 272 g/mol. The van der Waals surface area contributed by atoms with E-state index in [-0.39, 0.29) is 11.9 Å². The molecule has 6 heteroatoms. The number of carbonyl (C=O) groups is 1. The van der Waals surface area contributed by atoms with Gasteiger partial charge in [-0.05, 0) is 33.0 Å². The maximum absolute atomic E-state index is 12.2. The number of carbonyl (C=O) groups excluding carboxylic acids is 1. The normalized spacial score (nSPS) is 12.2. The number of hydrogen-bond acceptors (Lipinski definition) is 5. The summed E-state index contributed by atoms with van der Waals surface area (Å²) in [5.41, 5.74) is 1.82. The lowest BCUT2D eigenvalue weighted by Gasteiger charge is -2.19. The van der Waals surface area contributed by atoms with Crippen LogP contribution in [0.25, 0.3) is 10.6 Å². The number of aryl methyl sites for hydroxylation is 1. The molecule has 1 N–H and O–H groups in total. The van der Waals surface area contributed by atoms with Gasteiger partial charge in [-0.3, -0.25) is 9.78 Å². The van der Waals surface area contributed by atoms with Crippen molar-refractivity contribution < 1.29 is 4.79 Å². The van der Waals surface area contributed by atoms with Crippen molar-refractivity contribution in [1.82, 2.24) is 15.3 Å². The van der Waals surface area contributed by atoms with E-state index in [1.807, 2.05) is 26.0 Å². The molecule has 1 atom stereocenters. The highest BCUT2D eigenvalue weighted by molar-refractivity contribution is 7.19. The molecule has 2 aromatic heterocycles. The van der Waals surface area contributed by atoms with Gasteiger partial charge in [0, 0.05) is 25.0 Å². The van der Waals surface area contributed by atoms with Gasteiger partial charge in [0.1, 0.15) is 10.0 Å². The van der Waals surface area contributed by atoms with Crippen LogP contribution in [0, 0.1) is 6.92 Å². The highest BCUT2D eigenvalue weighted by Crippen LogP contribution is 2.33. The van der Waals surface area contributed by atoms with E-state index in [1.165, 1.54) is 11.3 Å². The summed E-state index contributed by atoms with van der Waals surface area (Å²) in [6.45, 7) is 3.76. The van der Waals surface area contributed by atoms with E-state index >= 15 is 0 Å². The van der Waals surface area contributed by atoms with Gasteiger partial charge >= 0.3 is 0 Å². The molecule has 5 nitrogen and oxygen atoms in total. The van der Waals surface area contributed by atoms with Gasteiger partial charge in [-0.2, -0.15) is 0 Å². The number of pyridine rings is 1. The number of nitrogens with one attached hydrogen (secondary N) is 1. The van der Waals surface area contributed by atoms with Crippen molar-refractivity contribution in [3.8, 4) is 10.6 Å². The number of amides is 1. The van der Waals surface area contributed by atoms with Gasteiger partial charge in [0.2, 0.25) is 5.91 Å². The molecule has 0 radical (unpaired) electrons. The van der Waals surface area contributed by atoms with Crippen molar-refractivity contribution in [1.29, 1.82) is 0 Å². The van der Waals surface area contributed by atoms with Crippen LogP contribution in [0.4, 0.5) is 5.00 Å². The lowest BCUT2D eigenvalue weighted by molar-refractivity contribution is -0.119. The van der Waals surface area contributed by atoms with Gasteiger partial charge in [0.05, 0.1) is 11.7 Å². The number of thiazole rings is 1. The second-order valence-electron chi connectivity index (χ2n) is 4.56. The Labute approximate surface area is 122 Å². The molecule has 2 heterocycles. The van der Waals surface area contributed by atoms with Crippen molar-refractivity contribution in [2.75, 3.05) is 19.0 Å². The predicted octanol–water partition coefficient (Wildman–Crippen LogP) is 2.08. The smallest absolute Gasteiger partial charge is 0.244 e. The molecule has 1 unspecified atom stereocenters. The summed E-state index contributed by atoms with van der Waals surface area (Å²) in [7, 11) is 3.56. The average molecular weight is 290 g/mol. The standard InChI is InChI=1S/C14H18N4OS/c1-9(15-3)13(19)18(4)14-10(2)17-12(20-14)11-6-5-7-16-8-11/h5-9,15H,1-4H3. The third kappa shape index (κ3) is 2.86. The monoisotopic (exact) mass is 290 g/mol. The summed E-state index contributed by atoms with van der Waals surface area (Å²) in [4.78, 5) is 22.5. The Morgan fingerprint density at radius 1 is 1.50 bits per heavy atom. The summed E-state index contributed by atoms with van der Waals surface area (Å²) in [5, 5.41) is 4.70. The van der Waals surface area contributed by atoms with Crippen LogP contribution in [0.1, 0.15) is 12.6 Å². The maximum atomic E-state index is 12.2. The van der Waals surface area contributed by atoms with E-state index in [0.29, 0.717) is 0 Å². The number of anilines is 1. The van der Waals surface area contributed by atoms with Crippen LogP contribution in [0.5, 0.6) is 0 Å². The predicted molar refractivity (Wildman–Crippen MR) is 82.0 cm³/mol. The molecule has 1 amide bonds. The minimum atomic E-state index is -0.219. The molecule has 0 aliphatic heterocycles. The van der Waals surface area contributed by atoms with Crippen molar-refractivity contribution in [2.24, 2.45) is 0 Å². The summed E-state index contributed by atoms with van der Waals surface area (Å²) in [6.07, 6.45) is 3.51. The molecule has 0 saturated carbocycles. The third-order valence-electron chi connectivity index (χ3n) is 3.12. The van der Waals surface area contributed by atoms with Gasteiger partial charge in [0.15, 0.2) is 0 Å². The first-order valence-corrected chi connectivity index (χ1v) is 7.19. The van der Waals surface area contributed by atoms with Gasteiger partial charge < -0.3 is 10.2 Å². The largest absolute Gasteiger partial charge is 0.309 e. The fourth-order valence-electron chi connectivity index (χ4n) is 1.83. The molecule has 0 aliphatic rings. The third-order valence-corrected chi connectivity index (χ3v) is 4.40. The number of nitrogens with zero attached hydrogens (tertiary/aromatic N) is 3. The van der Waals surface area contributed by atoms with Gasteiger partial charge in [-0.25, -0.2) is 4.98 Å². The lowest BCUT2D eigenvalue weighted by Crippen LogP contribution is -2.41. The summed E-state index contributed by atoms with van der Waals surface area (Å²) >= 11 is 1.50. The number of likely N-dealkylation sites (N-methyl/N-ethyl adjacent to an activating group) is 2. The molecule has 0 bridgehead atoms. The lowest BCUT2D eigenvalue weighted by atomic mass is 10.3. The minimum Gasteiger partial charge on any atom is -0.309 e. The van der Waals surface area contributed by atoms with E-state index in [4.69, 9.17) is 0 Å². The summed E-state index contributed by atoms with van der Waals surface area (Å²) in [5.74, 6) is 0.0250. The second kappa shape index (κ2) is 6.11. The summed E-state index contributed by atoms with van der Waals surface area (Å²) < 4.78 is 0. The molecule has 0 aliphatic carbocycles. The zero-order valence-electron chi connectivity index (χ0n) is 12.0. The van der Waals surface area contributed by atoms with Crippen molar-refractivity contribution >= 4 is 22.2 Å². The van der Waals surface area contributed by atoms with Crippen LogP contribution in [0.3, 0.4) is 0 Å². The quantitative estimate of drug-likeness (QED) is 0.936. The molecular formula is C14H18N4OS. The van der Waals surface area contributed by atoms with Crippen LogP contribution in [-0.2, 0) is 4.79 Å². The Morgan fingerprint density at radius 2 is 2.25 bits per heavy atom. The SMILES string of the molecule is CNC(C)C(=O)N(C)c1sc(-c2cccnc2)nc1C. The van der Waals surface area contributed by atoms with E-state index in [0.717, 1.165) is 21.3 Å². The topological polar surface area (TPSA) is 58.1 Å². The van der Waals surface area contributed by atoms with Crippen LogP contribution in [-0.4, -0.2) is 36.0 Å². The Bertz CT molecular complexity index is 596. The average Bonchev–Trinajstić information content (AvgIpc) is 2.87. The Balaban J connectivity index is 2.30. The molecule has 0 spiro atoms. The van der Waals surface area contributed by atoms with Gasteiger partial charge in [-0.1, -0.05) is 11.3 Å². The fraction of sp³-hybridized carbons (Fsp3) is 0.357. The zero-order valence-corrected chi connectivity index (χ0v) is 12.9. The van der Waals surface area contributed by atoms with Crippen molar-refractivity contribution in [3.63, 3.8) is 0 Å². The van der Waals surface area contributed by atoms with E-state index < -0.39 is 0 Å². The highest BCUT2D eigenvalue weighted by Gasteiger charge is 2.21. The van der Waals surface area contributed by atoms with E-state index in [2.05, 4.69) is 15.3 Å². The highest BCUT2D eigenvalue weighted by atomic mass is 32.1. The van der Waals surface area contributed by atoms with E-state index in [9.17, 15) is 4.79 Å². The van der Waals surface area contributed by atoms with E-state index in [1.54, 1.807) is 31.4 Å². The second-order valence-corrected chi connectivity index (χ2v) is 5.54. The molecule has 0 fully saturated rings. The molecule has 0 aromatic carbocycles. The van der Waals surface area contributed by atoms with Crippen LogP contribution in [0.2, 0.25) is 0 Å². The first-order valence-electron chi connectivity index (χ1n) is 6.37. The van der Waals surface area contributed by atoms with Crippen LogP contribution in [0.15, 0.2) is 24.5 Å². The fourth-order valence-corrected chi connectivity index (χ4v) is 2.85. The number of aromatic nitrogens is 2. The van der Waals surface area contributed by atoms with Crippen molar-refractivity contribution in [3.05, 3.63) is 30.2 Å². The Morgan fingerprint density at radius 3 is 2.85 bits per heavy atom. The molecule has 20 heavy (non-hydrogen) atoms. The first kappa shape index (κ1) is 14.6. The number of hydrogen-bond donors (Lipinski definition) is 1. The minimum absolute atomic E-state index is 0.0250. The Kier molecular flexibility index (Phi) is 4.46. The molecule has 0 saturated heterocycles. The number of rotatable bonds is 4. The molecule has 2 aromatic rings. The Hall–Kier alpha value is -1.79. The van der Waals surface area contributed by atoms with Gasteiger partial charge in [0.25, 0.3) is 0 Å². The van der Waals surface area contributed by atoms with Crippen molar-refractivity contribution in [2.45, 2.75) is 19.9 Å². The zero-order chi connectivity index (χ0) is 14.7. The maximum Gasteiger partial charge on any atom is 0.244 e. The van der Waals surface area contributed by atoms with Gasteiger partial charge in [-0.15, -0.1) is 0 Å². The molecule has 106 valence electrons. The summed E-state index contributed by atoms with van der Waals surface area (Å²) in [6, 6.07) is 3.62. The van der Waals surface area contributed by atoms with Crippen LogP contribution >= 0.6 is 11.3 Å². The first-order chi connectivity index (χ1) is 9.54.